The smallest absolute Gasteiger partial charge is 0.276 e. The van der Waals surface area contributed by atoms with E-state index < -0.39 is 17.6 Å². The van der Waals surface area contributed by atoms with Crippen molar-refractivity contribution in [3.63, 3.8) is 0 Å². The van der Waals surface area contributed by atoms with E-state index in [1.807, 2.05) is 6.92 Å². The van der Waals surface area contributed by atoms with Gasteiger partial charge < -0.3 is 15.8 Å². The number of nitrogens with one attached hydrogen (secondary N) is 1. The number of nitrogens with zero attached hydrogens (tertiary/aromatic N) is 4. The van der Waals surface area contributed by atoms with E-state index in [9.17, 15) is 14.0 Å². The van der Waals surface area contributed by atoms with Gasteiger partial charge in [-0.3, -0.25) is 14.3 Å². The summed E-state index contributed by atoms with van der Waals surface area (Å²) >= 11 is 5.70. The molecule has 0 aliphatic rings. The maximum absolute atomic E-state index is 13.2. The maximum Gasteiger partial charge on any atom is 0.276 e. The Morgan fingerprint density at radius 3 is 2.75 bits per heavy atom. The number of amides is 2. The lowest BCUT2D eigenvalue weighted by molar-refractivity contribution is 0.0995. The van der Waals surface area contributed by atoms with E-state index in [2.05, 4.69) is 15.5 Å². The Bertz CT molecular complexity index is 1030. The molecular weight excluding hydrogens is 391 g/mol. The molecule has 0 aliphatic heterocycles. The van der Waals surface area contributed by atoms with Crippen LogP contribution in [0.4, 0.5) is 10.1 Å². The zero-order chi connectivity index (χ0) is 20.3. The van der Waals surface area contributed by atoms with Crippen LogP contribution in [0.1, 0.15) is 27.9 Å². The molecule has 3 rings (SSSR count). The first-order chi connectivity index (χ1) is 13.4. The Morgan fingerprint density at radius 2 is 2.07 bits per heavy atom. The molecule has 0 fully saturated rings. The van der Waals surface area contributed by atoms with Crippen molar-refractivity contribution in [2.45, 2.75) is 20.2 Å². The summed E-state index contributed by atoms with van der Waals surface area (Å²) in [7, 11) is 0. The molecule has 3 N–H and O–H groups in total. The van der Waals surface area contributed by atoms with Crippen molar-refractivity contribution >= 4 is 29.1 Å². The molecule has 146 valence electrons. The van der Waals surface area contributed by atoms with Gasteiger partial charge in [-0.15, -0.1) is 0 Å². The highest BCUT2D eigenvalue weighted by Gasteiger charge is 2.18. The molecule has 0 aliphatic carbocycles. The van der Waals surface area contributed by atoms with Gasteiger partial charge in [0.05, 0.1) is 10.7 Å². The van der Waals surface area contributed by atoms with Crippen LogP contribution in [0.5, 0.6) is 5.75 Å². The van der Waals surface area contributed by atoms with Crippen LogP contribution in [0.3, 0.4) is 0 Å². The van der Waals surface area contributed by atoms with Gasteiger partial charge in [0.1, 0.15) is 11.6 Å². The third-order valence-corrected chi connectivity index (χ3v) is 3.98. The summed E-state index contributed by atoms with van der Waals surface area (Å²) in [6, 6.07) is 5.43. The fourth-order valence-electron chi connectivity index (χ4n) is 2.31. The number of carbonyl (C=O) groups is 2. The van der Waals surface area contributed by atoms with Gasteiger partial charge in [0.15, 0.2) is 18.1 Å². The number of carbonyl (C=O) groups excluding carboxylic acids is 2. The van der Waals surface area contributed by atoms with Gasteiger partial charge in [0.2, 0.25) is 0 Å². The molecule has 0 saturated carbocycles. The highest BCUT2D eigenvalue weighted by atomic mass is 35.5. The van der Waals surface area contributed by atoms with E-state index in [-0.39, 0.29) is 28.8 Å². The molecular formula is C17H16ClFN6O3. The molecule has 3 aromatic rings. The van der Waals surface area contributed by atoms with Crippen molar-refractivity contribution in [1.82, 2.24) is 19.6 Å². The number of nitrogens with two attached hydrogens (primary N) is 1. The lowest BCUT2D eigenvalue weighted by Gasteiger charge is -2.06. The topological polar surface area (TPSA) is 117 Å². The minimum atomic E-state index is -0.751. The lowest BCUT2D eigenvalue weighted by atomic mass is 10.3. The van der Waals surface area contributed by atoms with E-state index in [0.717, 1.165) is 0 Å². The second kappa shape index (κ2) is 8.09. The van der Waals surface area contributed by atoms with Gasteiger partial charge >= 0.3 is 0 Å². The number of hydrogen-bond acceptors (Lipinski definition) is 5. The highest BCUT2D eigenvalue weighted by molar-refractivity contribution is 6.30. The Labute approximate surface area is 163 Å². The molecule has 1 aromatic carbocycles. The number of aryl methyl sites for hydroxylation is 1. The fourth-order valence-corrected chi connectivity index (χ4v) is 2.48. The molecule has 0 atom stereocenters. The van der Waals surface area contributed by atoms with Crippen LogP contribution >= 0.6 is 11.6 Å². The minimum Gasteiger partial charge on any atom is -0.471 e. The second-order valence-electron chi connectivity index (χ2n) is 5.66. The summed E-state index contributed by atoms with van der Waals surface area (Å²) in [5, 5.41) is 10.6. The number of rotatable bonds is 7. The first-order valence-corrected chi connectivity index (χ1v) is 8.55. The van der Waals surface area contributed by atoms with Crippen LogP contribution in [0.15, 0.2) is 36.7 Å². The number of anilines is 1. The predicted molar refractivity (Wildman–Crippen MR) is 98.6 cm³/mol. The molecule has 0 bridgehead atoms. The number of halogens is 2. The van der Waals surface area contributed by atoms with Crippen LogP contribution in [-0.4, -0.2) is 31.4 Å². The highest BCUT2D eigenvalue weighted by Crippen LogP contribution is 2.21. The number of primary amides is 1. The summed E-state index contributed by atoms with van der Waals surface area (Å²) in [6.45, 7) is 2.32. The van der Waals surface area contributed by atoms with Crippen molar-refractivity contribution in [2.75, 3.05) is 5.32 Å². The zero-order valence-electron chi connectivity index (χ0n) is 14.7. The van der Waals surface area contributed by atoms with Gasteiger partial charge in [-0.2, -0.15) is 10.2 Å². The van der Waals surface area contributed by atoms with E-state index in [1.165, 1.54) is 46.0 Å². The first-order valence-electron chi connectivity index (χ1n) is 8.17. The molecule has 2 aromatic heterocycles. The SMILES string of the molecule is CCn1cc(NC(=O)c2ccn(COc3ccc(F)c(Cl)c3)n2)c(C(N)=O)n1. The molecule has 9 nitrogen and oxygen atoms in total. The third-order valence-electron chi connectivity index (χ3n) is 3.70. The van der Waals surface area contributed by atoms with Gasteiger partial charge in [-0.25, -0.2) is 9.07 Å². The molecule has 0 radical (unpaired) electrons. The van der Waals surface area contributed by atoms with Crippen LogP contribution in [0.2, 0.25) is 5.02 Å². The third kappa shape index (κ3) is 4.29. The molecule has 11 heteroatoms. The van der Waals surface area contributed by atoms with Crippen LogP contribution in [-0.2, 0) is 13.3 Å². The second-order valence-corrected chi connectivity index (χ2v) is 6.06. The quantitative estimate of drug-likeness (QED) is 0.624. The minimum absolute atomic E-state index is 0.0183. The maximum atomic E-state index is 13.2. The first kappa shape index (κ1) is 19.4. The summed E-state index contributed by atoms with van der Waals surface area (Å²) in [4.78, 5) is 23.8. The van der Waals surface area contributed by atoms with Gasteiger partial charge in [-0.1, -0.05) is 11.6 Å². The molecule has 28 heavy (non-hydrogen) atoms. The van der Waals surface area contributed by atoms with E-state index in [0.29, 0.717) is 12.3 Å². The predicted octanol–water partition coefficient (Wildman–Crippen LogP) is 2.28. The summed E-state index contributed by atoms with van der Waals surface area (Å²) in [5.41, 5.74) is 5.54. The molecule has 0 unspecified atom stereocenters. The molecule has 0 spiro atoms. The monoisotopic (exact) mass is 406 g/mol. The largest absolute Gasteiger partial charge is 0.471 e. The van der Waals surface area contributed by atoms with Crippen LogP contribution < -0.4 is 15.8 Å². The summed E-state index contributed by atoms with van der Waals surface area (Å²) in [5.74, 6) is -1.49. The van der Waals surface area contributed by atoms with Crippen molar-refractivity contribution < 1.29 is 18.7 Å². The molecule has 2 amide bonds. The van der Waals surface area contributed by atoms with Gasteiger partial charge in [0.25, 0.3) is 11.8 Å². The Balaban J connectivity index is 1.66. The molecule has 0 saturated heterocycles. The van der Waals surface area contributed by atoms with Gasteiger partial charge in [-0.05, 0) is 25.1 Å². The average molecular weight is 407 g/mol. The number of ether oxygens (including phenoxy) is 1. The number of hydrogen-bond donors (Lipinski definition) is 2. The number of aromatic nitrogens is 4. The van der Waals surface area contributed by atoms with Gasteiger partial charge in [0, 0.05) is 25.0 Å². The van der Waals surface area contributed by atoms with Crippen molar-refractivity contribution in [3.8, 4) is 5.75 Å². The van der Waals surface area contributed by atoms with Crippen molar-refractivity contribution in [3.05, 3.63) is 58.9 Å². The van der Waals surface area contributed by atoms with Crippen molar-refractivity contribution in [1.29, 1.82) is 0 Å². The Hall–Kier alpha value is -3.40. The average Bonchev–Trinajstić information content (AvgIpc) is 3.29. The molecule has 2 heterocycles. The van der Waals surface area contributed by atoms with Crippen molar-refractivity contribution in [2.24, 2.45) is 5.73 Å². The Morgan fingerprint density at radius 1 is 1.29 bits per heavy atom. The lowest BCUT2D eigenvalue weighted by Crippen LogP contribution is -2.18. The van der Waals surface area contributed by atoms with Crippen LogP contribution in [0, 0.1) is 5.82 Å². The van der Waals surface area contributed by atoms with E-state index >= 15 is 0 Å². The standard InChI is InChI=1S/C17H16ClFN6O3/c1-2-24-8-14(15(23-24)16(20)26)21-17(27)13-5-6-25(22-13)9-28-10-3-4-12(19)11(18)7-10/h3-8H,2,9H2,1H3,(H2,20,26)(H,21,27). The van der Waals surface area contributed by atoms with E-state index in [1.54, 1.807) is 0 Å². The summed E-state index contributed by atoms with van der Waals surface area (Å²) in [6.07, 6.45) is 3.04. The van der Waals surface area contributed by atoms with E-state index in [4.69, 9.17) is 22.1 Å². The number of benzene rings is 1. The zero-order valence-corrected chi connectivity index (χ0v) is 15.5. The normalized spacial score (nSPS) is 10.7. The fraction of sp³-hybridized carbons (Fsp3) is 0.176. The van der Waals surface area contributed by atoms with Crippen LogP contribution in [0.25, 0.3) is 0 Å². The Kier molecular flexibility index (Phi) is 5.59. The summed E-state index contributed by atoms with van der Waals surface area (Å²) < 4.78 is 21.5.